The number of nitrogens with one attached hydrogen (secondary N) is 1. The summed E-state index contributed by atoms with van der Waals surface area (Å²) in [5.41, 5.74) is 2.65. The average Bonchev–Trinajstić information content (AvgIpc) is 2.82. The average molecular weight is 262 g/mol. The molecule has 3 rings (SSSR count). The number of fused-ring (bicyclic) bond motifs is 1. The van der Waals surface area contributed by atoms with Crippen molar-refractivity contribution in [1.82, 2.24) is 4.98 Å². The second-order valence-electron chi connectivity index (χ2n) is 5.62. The molecular weight excluding hydrogens is 242 g/mol. The van der Waals surface area contributed by atoms with Crippen LogP contribution in [0.4, 0.5) is 0 Å². The summed E-state index contributed by atoms with van der Waals surface area (Å²) in [5.74, 6) is 1.48. The van der Waals surface area contributed by atoms with Gasteiger partial charge in [-0.1, -0.05) is 37.8 Å². The molecule has 1 nitrogen and oxygen atoms in total. The van der Waals surface area contributed by atoms with E-state index in [0.717, 1.165) is 10.9 Å². The predicted octanol–water partition coefficient (Wildman–Crippen LogP) is 5.51. The number of benzene rings is 1. The second kappa shape index (κ2) is 4.97. The maximum atomic E-state index is 6.12. The Morgan fingerprint density at radius 1 is 1.22 bits per heavy atom. The summed E-state index contributed by atoms with van der Waals surface area (Å²) in [4.78, 5) is 3.38. The zero-order chi connectivity index (χ0) is 12.5. The van der Waals surface area contributed by atoms with Gasteiger partial charge in [0.05, 0.1) is 0 Å². The largest absolute Gasteiger partial charge is 0.361 e. The first kappa shape index (κ1) is 12.1. The Balaban J connectivity index is 1.95. The third-order valence-corrected chi connectivity index (χ3v) is 4.76. The molecule has 1 heterocycles. The Bertz CT molecular complexity index is 537. The highest BCUT2D eigenvalue weighted by atomic mass is 35.5. The highest BCUT2D eigenvalue weighted by Gasteiger charge is 2.23. The molecule has 18 heavy (non-hydrogen) atoms. The summed E-state index contributed by atoms with van der Waals surface area (Å²) in [6, 6.07) is 6.13. The molecule has 0 bridgehead atoms. The monoisotopic (exact) mass is 261 g/mol. The lowest BCUT2D eigenvalue weighted by molar-refractivity contribution is 0.317. The molecule has 0 saturated heterocycles. The van der Waals surface area contributed by atoms with E-state index in [1.54, 1.807) is 0 Å². The van der Waals surface area contributed by atoms with Crippen LogP contribution in [0.15, 0.2) is 24.4 Å². The summed E-state index contributed by atoms with van der Waals surface area (Å²) >= 11 is 6.12. The number of halogens is 1. The maximum absolute atomic E-state index is 6.12. The molecule has 1 unspecified atom stereocenters. The highest BCUT2D eigenvalue weighted by molar-refractivity contribution is 6.31. The van der Waals surface area contributed by atoms with Crippen molar-refractivity contribution in [3.63, 3.8) is 0 Å². The van der Waals surface area contributed by atoms with E-state index >= 15 is 0 Å². The number of H-pyrrole nitrogens is 1. The Hall–Kier alpha value is -0.950. The van der Waals surface area contributed by atoms with Gasteiger partial charge in [0, 0.05) is 22.1 Å². The van der Waals surface area contributed by atoms with E-state index in [4.69, 9.17) is 11.6 Å². The third-order valence-electron chi connectivity index (χ3n) is 4.52. The molecule has 0 amide bonds. The molecule has 1 fully saturated rings. The molecule has 1 aromatic heterocycles. The van der Waals surface area contributed by atoms with Gasteiger partial charge in [-0.25, -0.2) is 0 Å². The quantitative estimate of drug-likeness (QED) is 0.734. The van der Waals surface area contributed by atoms with Gasteiger partial charge in [0.15, 0.2) is 0 Å². The lowest BCUT2D eigenvalue weighted by Crippen LogP contribution is -2.13. The molecule has 2 aromatic rings. The van der Waals surface area contributed by atoms with E-state index in [2.05, 4.69) is 30.2 Å². The van der Waals surface area contributed by atoms with E-state index in [1.165, 1.54) is 48.6 Å². The topological polar surface area (TPSA) is 15.8 Å². The minimum absolute atomic E-state index is 0.637. The molecule has 2 heteroatoms. The SMILES string of the molecule is CC(c1c[nH]c2ccc(Cl)cc12)C1CCCCC1. The van der Waals surface area contributed by atoms with Gasteiger partial charge in [-0.15, -0.1) is 0 Å². The molecule has 1 N–H and O–H groups in total. The van der Waals surface area contributed by atoms with Crippen molar-refractivity contribution in [1.29, 1.82) is 0 Å². The fourth-order valence-corrected chi connectivity index (χ4v) is 3.55. The summed E-state index contributed by atoms with van der Waals surface area (Å²) in [5, 5.41) is 2.14. The van der Waals surface area contributed by atoms with Crippen molar-refractivity contribution in [2.24, 2.45) is 5.92 Å². The van der Waals surface area contributed by atoms with Crippen LogP contribution >= 0.6 is 11.6 Å². The van der Waals surface area contributed by atoms with Crippen LogP contribution in [0, 0.1) is 5.92 Å². The first-order valence-corrected chi connectivity index (χ1v) is 7.40. The van der Waals surface area contributed by atoms with Gasteiger partial charge in [-0.2, -0.15) is 0 Å². The van der Waals surface area contributed by atoms with Gasteiger partial charge >= 0.3 is 0 Å². The molecule has 96 valence electrons. The zero-order valence-corrected chi connectivity index (χ0v) is 11.6. The van der Waals surface area contributed by atoms with Crippen LogP contribution in [0.2, 0.25) is 5.02 Å². The predicted molar refractivity (Wildman–Crippen MR) is 78.3 cm³/mol. The highest BCUT2D eigenvalue weighted by Crippen LogP contribution is 2.38. The zero-order valence-electron chi connectivity index (χ0n) is 10.9. The van der Waals surface area contributed by atoms with E-state index in [9.17, 15) is 0 Å². The van der Waals surface area contributed by atoms with E-state index in [1.807, 2.05) is 6.07 Å². The molecule has 0 aliphatic heterocycles. The van der Waals surface area contributed by atoms with Crippen molar-refractivity contribution in [2.75, 3.05) is 0 Å². The van der Waals surface area contributed by atoms with Crippen LogP contribution < -0.4 is 0 Å². The first-order valence-electron chi connectivity index (χ1n) is 7.02. The van der Waals surface area contributed by atoms with Gasteiger partial charge < -0.3 is 4.98 Å². The summed E-state index contributed by atoms with van der Waals surface area (Å²) in [6.45, 7) is 2.37. The fraction of sp³-hybridized carbons (Fsp3) is 0.500. The smallest absolute Gasteiger partial charge is 0.0457 e. The van der Waals surface area contributed by atoms with Crippen molar-refractivity contribution in [2.45, 2.75) is 44.9 Å². The molecule has 0 spiro atoms. The number of hydrogen-bond acceptors (Lipinski definition) is 0. The lowest BCUT2D eigenvalue weighted by Gasteiger charge is -2.27. The molecular formula is C16H20ClN. The number of aromatic nitrogens is 1. The van der Waals surface area contributed by atoms with Gasteiger partial charge in [0.1, 0.15) is 0 Å². The second-order valence-corrected chi connectivity index (χ2v) is 6.06. The Labute approximate surface area is 114 Å². The van der Waals surface area contributed by atoms with Gasteiger partial charge in [0.2, 0.25) is 0 Å². The molecule has 1 saturated carbocycles. The number of hydrogen-bond donors (Lipinski definition) is 1. The van der Waals surface area contributed by atoms with Crippen LogP contribution in [0.1, 0.15) is 50.5 Å². The van der Waals surface area contributed by atoms with Crippen molar-refractivity contribution in [3.05, 3.63) is 35.0 Å². The molecule has 1 atom stereocenters. The summed E-state index contributed by atoms with van der Waals surface area (Å²) in [6.07, 6.45) is 9.17. The molecule has 0 radical (unpaired) electrons. The minimum Gasteiger partial charge on any atom is -0.361 e. The van der Waals surface area contributed by atoms with E-state index in [-0.39, 0.29) is 0 Å². The third kappa shape index (κ3) is 2.16. The van der Waals surface area contributed by atoms with Crippen LogP contribution in [0.25, 0.3) is 10.9 Å². The van der Waals surface area contributed by atoms with Crippen LogP contribution in [-0.4, -0.2) is 4.98 Å². The Morgan fingerprint density at radius 2 is 2.00 bits per heavy atom. The van der Waals surface area contributed by atoms with Crippen LogP contribution in [0.5, 0.6) is 0 Å². The van der Waals surface area contributed by atoms with Crippen molar-refractivity contribution >= 4 is 22.5 Å². The first-order chi connectivity index (χ1) is 8.75. The molecule has 1 aromatic carbocycles. The standard InChI is InChI=1S/C16H20ClN/c1-11(12-5-3-2-4-6-12)15-10-18-16-8-7-13(17)9-14(15)16/h7-12,18H,2-6H2,1H3. The Kier molecular flexibility index (Phi) is 3.34. The van der Waals surface area contributed by atoms with Crippen LogP contribution in [0.3, 0.4) is 0 Å². The number of aromatic amines is 1. The number of rotatable bonds is 2. The van der Waals surface area contributed by atoms with Gasteiger partial charge in [0.25, 0.3) is 0 Å². The van der Waals surface area contributed by atoms with E-state index in [0.29, 0.717) is 5.92 Å². The lowest BCUT2D eigenvalue weighted by atomic mass is 9.78. The fourth-order valence-electron chi connectivity index (χ4n) is 3.38. The summed E-state index contributed by atoms with van der Waals surface area (Å²) in [7, 11) is 0. The van der Waals surface area contributed by atoms with Gasteiger partial charge in [-0.3, -0.25) is 0 Å². The molecule has 1 aliphatic carbocycles. The van der Waals surface area contributed by atoms with Crippen molar-refractivity contribution < 1.29 is 0 Å². The normalized spacial score (nSPS) is 19.2. The van der Waals surface area contributed by atoms with E-state index < -0.39 is 0 Å². The van der Waals surface area contributed by atoms with Gasteiger partial charge in [-0.05, 0) is 48.4 Å². The Morgan fingerprint density at radius 3 is 2.78 bits per heavy atom. The summed E-state index contributed by atoms with van der Waals surface area (Å²) < 4.78 is 0. The maximum Gasteiger partial charge on any atom is 0.0457 e. The minimum atomic E-state index is 0.637. The molecule has 1 aliphatic rings. The van der Waals surface area contributed by atoms with Crippen molar-refractivity contribution in [3.8, 4) is 0 Å². The van der Waals surface area contributed by atoms with Crippen LogP contribution in [-0.2, 0) is 0 Å².